The number of methoxy groups -OCH3 is 1. The maximum absolute atomic E-state index is 14.9. The lowest BCUT2D eigenvalue weighted by Crippen LogP contribution is -2.49. The molecule has 3 N–H and O–H groups in total. The summed E-state index contributed by atoms with van der Waals surface area (Å²) in [5.41, 5.74) is 6.59. The lowest BCUT2D eigenvalue weighted by molar-refractivity contribution is -0.136. The molecule has 1 saturated carbocycles. The summed E-state index contributed by atoms with van der Waals surface area (Å²) in [5.74, 6) is -6.09. The monoisotopic (exact) mass is 713 g/mol. The van der Waals surface area contributed by atoms with Crippen LogP contribution in [0.4, 0.5) is 10.6 Å². The van der Waals surface area contributed by atoms with Crippen molar-refractivity contribution in [3.05, 3.63) is 70.3 Å². The van der Waals surface area contributed by atoms with Crippen molar-refractivity contribution in [3.63, 3.8) is 0 Å². The van der Waals surface area contributed by atoms with Crippen molar-refractivity contribution < 1.29 is 33.8 Å². The molecule has 4 heterocycles. The van der Waals surface area contributed by atoms with Gasteiger partial charge in [-0.2, -0.15) is 10.00 Å². The molecule has 256 valence electrons. The number of phenolic OH excluding ortho intramolecular Hbond substituents is 1. The van der Waals surface area contributed by atoms with Gasteiger partial charge in [0.05, 0.1) is 35.2 Å². The van der Waals surface area contributed by atoms with E-state index in [1.165, 1.54) is 29.2 Å². The molecule has 50 heavy (non-hydrogen) atoms. The van der Waals surface area contributed by atoms with Gasteiger partial charge in [-0.15, -0.1) is 11.3 Å². The third-order valence-corrected chi connectivity index (χ3v) is 12.8. The molecule has 2 saturated heterocycles. The number of carbonyl (C=O) groups is 5. The molecule has 0 radical (unpaired) electrons. The number of hydrogen-bond donors (Lipinski definition) is 2. The highest BCUT2D eigenvalue weighted by Crippen LogP contribution is 2.64. The average Bonchev–Trinajstić information content (AvgIpc) is 3.75. The van der Waals surface area contributed by atoms with Gasteiger partial charge >= 0.3 is 6.03 Å². The number of ether oxygens (including phenoxy) is 1. The number of nitrogens with two attached hydrogens (primary N) is 1. The van der Waals surface area contributed by atoms with Crippen LogP contribution in [0.1, 0.15) is 36.8 Å². The maximum atomic E-state index is 14.9. The van der Waals surface area contributed by atoms with Crippen LogP contribution >= 0.6 is 22.9 Å². The molecule has 0 spiro atoms. The summed E-state index contributed by atoms with van der Waals surface area (Å²) in [6, 6.07) is 10.9. The number of fused-ring (bicyclic) bond motifs is 5. The molecule has 4 aromatic rings. The first kappa shape index (κ1) is 32.2. The first-order valence-electron chi connectivity index (χ1n) is 16.1. The quantitative estimate of drug-likeness (QED) is 0.213. The number of aryl methyl sites for hydroxylation is 2. The number of imide groups is 4. The molecule has 6 atom stereocenters. The Hall–Kier alpha value is -5.01. The van der Waals surface area contributed by atoms with Gasteiger partial charge in [0.2, 0.25) is 23.6 Å². The number of primary amides is 1. The minimum absolute atomic E-state index is 0.0678. The number of halogens is 1. The number of aromatic hydroxyl groups is 1. The first-order chi connectivity index (χ1) is 23.8. The van der Waals surface area contributed by atoms with Crippen LogP contribution in [0.15, 0.2) is 54.1 Å². The Bertz CT molecular complexity index is 2260. The molecule has 2 aromatic heterocycles. The van der Waals surface area contributed by atoms with Crippen LogP contribution in [0, 0.1) is 36.0 Å². The number of amides is 6. The van der Waals surface area contributed by atoms with Gasteiger partial charge < -0.3 is 15.6 Å². The Balaban J connectivity index is 1.27. The average molecular weight is 714 g/mol. The number of rotatable bonds is 4. The topological polar surface area (TPSA) is 165 Å². The molecular formula is C36H32ClN5O7S. The van der Waals surface area contributed by atoms with Crippen LogP contribution in [0.2, 0.25) is 5.02 Å². The molecule has 2 aromatic carbocycles. The van der Waals surface area contributed by atoms with E-state index in [-0.39, 0.29) is 24.4 Å². The predicted octanol–water partition coefficient (Wildman–Crippen LogP) is 5.29. The number of urea groups is 1. The summed E-state index contributed by atoms with van der Waals surface area (Å²) in [4.78, 5) is 71.3. The van der Waals surface area contributed by atoms with E-state index in [1.54, 1.807) is 32.2 Å². The highest BCUT2D eigenvalue weighted by molar-refractivity contribution is 7.22. The van der Waals surface area contributed by atoms with Gasteiger partial charge in [-0.3, -0.25) is 23.9 Å². The largest absolute Gasteiger partial charge is 0.508 e. The number of thiophene rings is 1. The van der Waals surface area contributed by atoms with Crippen LogP contribution in [-0.2, 0) is 26.2 Å². The van der Waals surface area contributed by atoms with E-state index in [9.17, 15) is 29.1 Å². The van der Waals surface area contributed by atoms with E-state index in [2.05, 4.69) is 0 Å². The number of aromatic nitrogens is 2. The number of anilines is 1. The second-order valence-electron chi connectivity index (χ2n) is 13.6. The van der Waals surface area contributed by atoms with E-state index in [1.807, 2.05) is 31.2 Å². The SMILES string of the molecule is COc1ccc(O)c([C@H]2C3=CC[C@@H]4C(=O)N(C(N)=O)C(=O)[C@@H]4[C@@H]3C[C@H]3C(=O)N(c4cc(-c5sc6ccc(Cl)cc6c5C)nn4C)C(=O)[C@@]23C)c1. The van der Waals surface area contributed by atoms with E-state index >= 15 is 0 Å². The molecule has 2 aliphatic heterocycles. The molecule has 6 amide bonds. The lowest BCUT2D eigenvalue weighted by atomic mass is 9.51. The molecule has 2 aliphatic carbocycles. The second kappa shape index (κ2) is 11.0. The van der Waals surface area contributed by atoms with Crippen molar-refractivity contribution in [1.29, 1.82) is 0 Å². The fourth-order valence-electron chi connectivity index (χ4n) is 8.90. The summed E-state index contributed by atoms with van der Waals surface area (Å²) < 4.78 is 8.02. The molecule has 0 unspecified atom stereocenters. The smallest absolute Gasteiger partial charge is 0.328 e. The van der Waals surface area contributed by atoms with Gasteiger partial charge in [0.1, 0.15) is 23.0 Å². The van der Waals surface area contributed by atoms with Crippen LogP contribution in [0.25, 0.3) is 20.7 Å². The Labute approximate surface area is 295 Å². The van der Waals surface area contributed by atoms with E-state index in [4.69, 9.17) is 27.2 Å². The van der Waals surface area contributed by atoms with E-state index in [0.717, 1.165) is 25.4 Å². The lowest BCUT2D eigenvalue weighted by Gasteiger charge is -2.49. The normalized spacial score (nSPS) is 27.5. The van der Waals surface area contributed by atoms with Crippen molar-refractivity contribution >= 4 is 68.5 Å². The number of allylic oxidation sites excluding steroid dienone is 2. The zero-order valence-corrected chi connectivity index (χ0v) is 29.0. The maximum Gasteiger partial charge on any atom is 0.328 e. The van der Waals surface area contributed by atoms with Crippen LogP contribution in [0.5, 0.6) is 11.5 Å². The molecule has 4 aliphatic rings. The number of likely N-dealkylation sites (tertiary alicyclic amines) is 1. The van der Waals surface area contributed by atoms with Gasteiger partial charge in [-0.05, 0) is 80.0 Å². The minimum Gasteiger partial charge on any atom is -0.508 e. The third kappa shape index (κ3) is 4.22. The van der Waals surface area contributed by atoms with Crippen molar-refractivity contribution in [3.8, 4) is 22.1 Å². The van der Waals surface area contributed by atoms with Gasteiger partial charge in [0.25, 0.3) is 0 Å². The zero-order chi connectivity index (χ0) is 35.5. The fourth-order valence-corrected chi connectivity index (χ4v) is 10.2. The highest BCUT2D eigenvalue weighted by Gasteiger charge is 2.68. The van der Waals surface area contributed by atoms with Crippen molar-refractivity contribution in [2.75, 3.05) is 12.0 Å². The molecule has 8 rings (SSSR count). The first-order valence-corrected chi connectivity index (χ1v) is 17.3. The number of benzene rings is 2. The summed E-state index contributed by atoms with van der Waals surface area (Å²) in [6.07, 6.45) is 2.02. The fraction of sp³-hybridized carbons (Fsp3) is 0.333. The molecule has 12 nitrogen and oxygen atoms in total. The molecule has 0 bridgehead atoms. The Morgan fingerprint density at radius 3 is 2.56 bits per heavy atom. The molecule has 14 heteroatoms. The predicted molar refractivity (Wildman–Crippen MR) is 184 cm³/mol. The van der Waals surface area contributed by atoms with E-state index < -0.39 is 64.7 Å². The number of carbonyl (C=O) groups excluding carboxylic acids is 5. The molecule has 3 fully saturated rings. The van der Waals surface area contributed by atoms with Crippen molar-refractivity contribution in [2.45, 2.75) is 32.6 Å². The standard InChI is InChI=1S/C36H32ClN5O7S/c1-15-20-11-16(37)5-10-26(20)50-30(15)24-14-27(40(3)39-24)41-32(45)23-13-21-18(7-8-19-28(21)33(46)42(31(19)44)35(38)48)29(36(23,2)34(41)47)22-12-17(49-4)6-9-25(22)43/h5-7,9-12,14,19,21,23,28-29,43H,8,13H2,1-4H3,(H2,38,48)/t19-,21+,23-,28-,29+,36+/m0/s1. The van der Waals surface area contributed by atoms with Crippen LogP contribution in [-0.4, -0.2) is 56.6 Å². The Morgan fingerprint density at radius 2 is 1.84 bits per heavy atom. The van der Waals surface area contributed by atoms with Gasteiger partial charge in [0.15, 0.2) is 0 Å². The van der Waals surface area contributed by atoms with Crippen LogP contribution in [0.3, 0.4) is 0 Å². The minimum atomic E-state index is -1.42. The molecular weight excluding hydrogens is 682 g/mol. The van der Waals surface area contributed by atoms with E-state index in [0.29, 0.717) is 32.5 Å². The van der Waals surface area contributed by atoms with Gasteiger partial charge in [0, 0.05) is 34.3 Å². The van der Waals surface area contributed by atoms with Gasteiger partial charge in [-0.1, -0.05) is 23.3 Å². The number of nitrogens with zero attached hydrogens (tertiary/aromatic N) is 4. The Kier molecular flexibility index (Phi) is 7.08. The van der Waals surface area contributed by atoms with Gasteiger partial charge in [-0.25, -0.2) is 9.69 Å². The van der Waals surface area contributed by atoms with Crippen LogP contribution < -0.4 is 15.4 Å². The summed E-state index contributed by atoms with van der Waals surface area (Å²) in [6.45, 7) is 3.70. The number of phenols is 1. The third-order valence-electron chi connectivity index (χ3n) is 11.3. The highest BCUT2D eigenvalue weighted by atomic mass is 35.5. The number of hydrogen-bond acceptors (Lipinski definition) is 9. The summed E-state index contributed by atoms with van der Waals surface area (Å²) in [7, 11) is 3.15. The zero-order valence-electron chi connectivity index (χ0n) is 27.5. The second-order valence-corrected chi connectivity index (χ2v) is 15.1. The summed E-state index contributed by atoms with van der Waals surface area (Å²) >= 11 is 7.81. The van der Waals surface area contributed by atoms with Crippen molar-refractivity contribution in [2.24, 2.45) is 41.9 Å². The Morgan fingerprint density at radius 1 is 1.08 bits per heavy atom. The van der Waals surface area contributed by atoms with Crippen molar-refractivity contribution in [1.82, 2.24) is 14.7 Å². The summed E-state index contributed by atoms with van der Waals surface area (Å²) in [5, 5.41) is 17.6.